The summed E-state index contributed by atoms with van der Waals surface area (Å²) >= 11 is 0. The van der Waals surface area contributed by atoms with E-state index in [4.69, 9.17) is 0 Å². The van der Waals surface area contributed by atoms with Crippen LogP contribution in [0.1, 0.15) is 16.7 Å². The number of carbonyl (C=O) groups is 1. The quantitative estimate of drug-likeness (QED) is 0.882. The molecule has 0 aliphatic heterocycles. The van der Waals surface area contributed by atoms with E-state index in [9.17, 15) is 17.6 Å². The van der Waals surface area contributed by atoms with Gasteiger partial charge in [0.25, 0.3) is 0 Å². The summed E-state index contributed by atoms with van der Waals surface area (Å²) in [6, 6.07) is 10.9. The molecule has 0 radical (unpaired) electrons. The van der Waals surface area contributed by atoms with Gasteiger partial charge in [-0.05, 0) is 48.9 Å². The predicted molar refractivity (Wildman–Crippen MR) is 86.2 cm³/mol. The Bertz CT molecular complexity index is 831. The molecule has 2 aromatic carbocycles. The summed E-state index contributed by atoms with van der Waals surface area (Å²) < 4.78 is 39.0. The summed E-state index contributed by atoms with van der Waals surface area (Å²) in [6.07, 6.45) is 0.313. The summed E-state index contributed by atoms with van der Waals surface area (Å²) in [5.41, 5.74) is 1.87. The number of sulfonamides is 1. The van der Waals surface area contributed by atoms with Crippen LogP contribution in [-0.2, 0) is 27.7 Å². The molecular weight excluding hydrogens is 317 g/mol. The van der Waals surface area contributed by atoms with Gasteiger partial charge in [0, 0.05) is 12.8 Å². The fourth-order valence-electron chi connectivity index (χ4n) is 2.28. The van der Waals surface area contributed by atoms with E-state index >= 15 is 0 Å². The van der Waals surface area contributed by atoms with Crippen LogP contribution in [0.15, 0.2) is 47.4 Å². The van der Waals surface area contributed by atoms with E-state index in [1.165, 1.54) is 25.2 Å². The number of hydrogen-bond acceptors (Lipinski definition) is 3. The molecule has 0 saturated carbocycles. The van der Waals surface area contributed by atoms with Crippen LogP contribution in [-0.4, -0.2) is 21.2 Å². The number of aryl methyl sites for hydroxylation is 1. The molecule has 0 atom stereocenters. The van der Waals surface area contributed by atoms with Crippen molar-refractivity contribution in [3.8, 4) is 0 Å². The highest BCUT2D eigenvalue weighted by Crippen LogP contribution is 2.14. The van der Waals surface area contributed by atoms with Gasteiger partial charge in [-0.3, -0.25) is 4.79 Å². The molecule has 0 aliphatic carbocycles. The Morgan fingerprint density at radius 1 is 1.09 bits per heavy atom. The summed E-state index contributed by atoms with van der Waals surface area (Å²) in [6.45, 7) is 1.65. The average Bonchev–Trinajstić information content (AvgIpc) is 2.51. The van der Waals surface area contributed by atoms with Crippen LogP contribution in [0.4, 0.5) is 4.39 Å². The topological polar surface area (TPSA) is 63.2 Å². The molecule has 0 fully saturated rings. The maximum atomic E-state index is 13.2. The number of hydrogen-bond donors (Lipinski definition) is 1. The van der Waals surface area contributed by atoms with Crippen LogP contribution in [0.3, 0.4) is 0 Å². The van der Waals surface area contributed by atoms with Gasteiger partial charge in [-0.1, -0.05) is 24.3 Å². The van der Waals surface area contributed by atoms with Gasteiger partial charge in [0.15, 0.2) is 0 Å². The van der Waals surface area contributed by atoms with Gasteiger partial charge in [-0.25, -0.2) is 17.5 Å². The lowest BCUT2D eigenvalue weighted by atomic mass is 10.0. The van der Waals surface area contributed by atoms with Crippen LogP contribution in [0.5, 0.6) is 0 Å². The van der Waals surface area contributed by atoms with Crippen LogP contribution >= 0.6 is 0 Å². The molecule has 0 amide bonds. The van der Waals surface area contributed by atoms with Crippen molar-refractivity contribution in [3.05, 3.63) is 65.0 Å². The van der Waals surface area contributed by atoms with E-state index in [1.54, 1.807) is 31.2 Å². The fourth-order valence-corrected chi connectivity index (χ4v) is 3.08. The Labute approximate surface area is 135 Å². The van der Waals surface area contributed by atoms with Crippen molar-refractivity contribution < 1.29 is 17.6 Å². The van der Waals surface area contributed by atoms with Crippen molar-refractivity contribution in [2.45, 2.75) is 24.7 Å². The molecule has 23 heavy (non-hydrogen) atoms. The molecule has 4 nitrogen and oxygen atoms in total. The van der Waals surface area contributed by atoms with E-state index < -0.39 is 10.0 Å². The first-order chi connectivity index (χ1) is 10.8. The number of halogens is 1. The van der Waals surface area contributed by atoms with E-state index in [0.29, 0.717) is 11.1 Å². The maximum Gasteiger partial charge on any atom is 0.240 e. The molecule has 122 valence electrons. The van der Waals surface area contributed by atoms with Crippen molar-refractivity contribution in [1.82, 2.24) is 4.72 Å². The van der Waals surface area contributed by atoms with Gasteiger partial charge in [0.05, 0.1) is 4.90 Å². The summed E-state index contributed by atoms with van der Waals surface area (Å²) in [7, 11) is -2.19. The second kappa shape index (κ2) is 7.02. The smallest absolute Gasteiger partial charge is 0.240 e. The van der Waals surface area contributed by atoms with Crippen LogP contribution in [0, 0.1) is 12.7 Å². The second-order valence-corrected chi connectivity index (χ2v) is 7.22. The highest BCUT2D eigenvalue weighted by atomic mass is 32.2. The van der Waals surface area contributed by atoms with Crippen molar-refractivity contribution in [1.29, 1.82) is 0 Å². The molecule has 0 unspecified atom stereocenters. The van der Waals surface area contributed by atoms with E-state index in [0.717, 1.165) is 5.56 Å². The van der Waals surface area contributed by atoms with Crippen LogP contribution in [0.25, 0.3) is 0 Å². The number of rotatable bonds is 6. The summed E-state index contributed by atoms with van der Waals surface area (Å²) in [5.74, 6) is -0.360. The Kier molecular flexibility index (Phi) is 5.28. The molecule has 0 spiro atoms. The van der Waals surface area contributed by atoms with Crippen molar-refractivity contribution in [2.24, 2.45) is 0 Å². The largest absolute Gasteiger partial charge is 0.299 e. The maximum absolute atomic E-state index is 13.2. The first kappa shape index (κ1) is 17.3. The molecule has 0 bridgehead atoms. The molecule has 0 saturated heterocycles. The zero-order chi connectivity index (χ0) is 17.0. The first-order valence-corrected chi connectivity index (χ1v) is 8.59. The Balaban J connectivity index is 2.11. The standard InChI is InChI=1S/C17H18FNO3S/c1-12-8-14(6-7-17(12)18)10-15(20)9-13-4-3-5-16(11-13)23(21,22)19-2/h3-8,11,19H,9-10H2,1-2H3. The van der Waals surface area contributed by atoms with Crippen molar-refractivity contribution in [3.63, 3.8) is 0 Å². The number of Topliss-reactive ketones (excluding diaryl/α,β-unsaturated/α-hetero) is 1. The Morgan fingerprint density at radius 2 is 1.74 bits per heavy atom. The molecule has 1 N–H and O–H groups in total. The number of benzene rings is 2. The minimum Gasteiger partial charge on any atom is -0.299 e. The Morgan fingerprint density at radius 3 is 2.35 bits per heavy atom. The molecule has 2 aromatic rings. The summed E-state index contributed by atoms with van der Waals surface area (Å²) in [5, 5.41) is 0. The van der Waals surface area contributed by atoms with Crippen molar-refractivity contribution in [2.75, 3.05) is 7.05 Å². The zero-order valence-corrected chi connectivity index (χ0v) is 13.8. The number of carbonyl (C=O) groups excluding carboxylic acids is 1. The predicted octanol–water partition coefficient (Wildman–Crippen LogP) is 2.40. The van der Waals surface area contributed by atoms with Gasteiger partial charge in [-0.15, -0.1) is 0 Å². The average molecular weight is 335 g/mol. The number of ketones is 1. The highest BCUT2D eigenvalue weighted by molar-refractivity contribution is 7.89. The fraction of sp³-hybridized carbons (Fsp3) is 0.235. The molecule has 0 aromatic heterocycles. The van der Waals surface area contributed by atoms with E-state index in [1.807, 2.05) is 0 Å². The SMILES string of the molecule is CNS(=O)(=O)c1cccc(CC(=O)Cc2ccc(F)c(C)c2)c1. The third kappa shape index (κ3) is 4.46. The van der Waals surface area contributed by atoms with E-state index in [2.05, 4.69) is 4.72 Å². The minimum atomic E-state index is -3.53. The van der Waals surface area contributed by atoms with Crippen LogP contribution < -0.4 is 4.72 Å². The molecule has 2 rings (SSSR count). The summed E-state index contributed by atoms with van der Waals surface area (Å²) in [4.78, 5) is 12.3. The molecule has 0 aliphatic rings. The van der Waals surface area contributed by atoms with Gasteiger partial charge in [0.2, 0.25) is 10.0 Å². The van der Waals surface area contributed by atoms with Gasteiger partial charge >= 0.3 is 0 Å². The third-order valence-corrected chi connectivity index (χ3v) is 4.91. The second-order valence-electron chi connectivity index (χ2n) is 5.33. The highest BCUT2D eigenvalue weighted by Gasteiger charge is 2.13. The van der Waals surface area contributed by atoms with Gasteiger partial charge in [-0.2, -0.15) is 0 Å². The Hall–Kier alpha value is -2.05. The lowest BCUT2D eigenvalue weighted by molar-refractivity contribution is -0.117. The molecule has 6 heteroatoms. The number of nitrogens with one attached hydrogen (secondary N) is 1. The van der Waals surface area contributed by atoms with Crippen molar-refractivity contribution >= 4 is 15.8 Å². The van der Waals surface area contributed by atoms with Gasteiger partial charge in [0.1, 0.15) is 11.6 Å². The van der Waals surface area contributed by atoms with Gasteiger partial charge < -0.3 is 0 Å². The first-order valence-electron chi connectivity index (χ1n) is 7.11. The lowest BCUT2D eigenvalue weighted by Crippen LogP contribution is -2.18. The lowest BCUT2D eigenvalue weighted by Gasteiger charge is -2.06. The third-order valence-electron chi connectivity index (χ3n) is 3.50. The zero-order valence-electron chi connectivity index (χ0n) is 13.0. The molecular formula is C17H18FNO3S. The normalized spacial score (nSPS) is 11.4. The van der Waals surface area contributed by atoms with Crippen LogP contribution in [0.2, 0.25) is 0 Å². The molecule has 0 heterocycles. The monoisotopic (exact) mass is 335 g/mol. The van der Waals surface area contributed by atoms with E-state index in [-0.39, 0.29) is 29.3 Å². The minimum absolute atomic E-state index is 0.0602.